The predicted octanol–water partition coefficient (Wildman–Crippen LogP) is 2.66. The van der Waals surface area contributed by atoms with E-state index in [2.05, 4.69) is 26.8 Å². The topological polar surface area (TPSA) is 135 Å². The molecule has 4 heterocycles. The maximum atomic E-state index is 13.1. The summed E-state index contributed by atoms with van der Waals surface area (Å²) < 4.78 is 37.0. The van der Waals surface area contributed by atoms with Gasteiger partial charge < -0.3 is 25.4 Å². The van der Waals surface area contributed by atoms with E-state index in [1.54, 1.807) is 18.5 Å². The van der Waals surface area contributed by atoms with E-state index in [-0.39, 0.29) is 17.9 Å². The van der Waals surface area contributed by atoms with E-state index >= 15 is 0 Å². The fraction of sp³-hybridized carbons (Fsp3) is 0.350. The molecule has 4 rings (SSSR count). The molecular formula is C20H21F3N6O4S. The standard InChI is InChI=1S/C18H20N6O2S.C2HF3O2/c1-11-10-23(12-3-5-20-6-4-12)7-8-24(11)17(25)14-9-13-15(26-2)21-18(19)22-16(13)27-14;3-2(4,5)1(6)7/h3-6,9,11H,7-8,10H2,1-2H3,(H2,19,21,22);(H,6,7). The number of nitrogens with zero attached hydrogens (tertiary/aromatic N) is 5. The number of nitrogen functional groups attached to an aromatic ring is 1. The molecule has 3 aromatic rings. The summed E-state index contributed by atoms with van der Waals surface area (Å²) in [6.45, 7) is 4.27. The van der Waals surface area contributed by atoms with Crippen molar-refractivity contribution in [3.63, 3.8) is 0 Å². The van der Waals surface area contributed by atoms with Crippen LogP contribution in [0.5, 0.6) is 5.88 Å². The summed E-state index contributed by atoms with van der Waals surface area (Å²) in [6.07, 6.45) is -1.51. The SMILES string of the molecule is COc1nc(N)nc2sc(C(=O)N3CCN(c4ccncc4)CC3C)cc12.O=C(O)C(F)(F)F. The molecule has 1 atom stereocenters. The third kappa shape index (κ3) is 5.62. The van der Waals surface area contributed by atoms with Gasteiger partial charge in [-0.3, -0.25) is 9.78 Å². The van der Waals surface area contributed by atoms with Gasteiger partial charge in [0.25, 0.3) is 5.91 Å². The summed E-state index contributed by atoms with van der Waals surface area (Å²) in [4.78, 5) is 39.8. The zero-order chi connectivity index (χ0) is 25.0. The van der Waals surface area contributed by atoms with Crippen molar-refractivity contribution in [2.24, 2.45) is 0 Å². The molecule has 0 spiro atoms. The number of alkyl halides is 3. The first kappa shape index (κ1) is 25.0. The van der Waals surface area contributed by atoms with Gasteiger partial charge in [0.05, 0.1) is 17.4 Å². The molecule has 1 saturated heterocycles. The van der Waals surface area contributed by atoms with Crippen LogP contribution in [-0.2, 0) is 4.79 Å². The number of thiophene rings is 1. The average molecular weight is 498 g/mol. The van der Waals surface area contributed by atoms with Gasteiger partial charge in [-0.1, -0.05) is 0 Å². The van der Waals surface area contributed by atoms with Crippen molar-refractivity contribution in [3.05, 3.63) is 35.5 Å². The van der Waals surface area contributed by atoms with Crippen molar-refractivity contribution in [3.8, 4) is 5.88 Å². The number of carbonyl (C=O) groups is 2. The number of hydrogen-bond acceptors (Lipinski definition) is 9. The summed E-state index contributed by atoms with van der Waals surface area (Å²) in [5.41, 5.74) is 6.85. The van der Waals surface area contributed by atoms with E-state index in [4.69, 9.17) is 20.4 Å². The van der Waals surface area contributed by atoms with Crippen molar-refractivity contribution >= 4 is 45.1 Å². The largest absolute Gasteiger partial charge is 0.490 e. The summed E-state index contributed by atoms with van der Waals surface area (Å²) in [5.74, 6) is -2.23. The molecule has 10 nitrogen and oxygen atoms in total. The molecule has 1 amide bonds. The summed E-state index contributed by atoms with van der Waals surface area (Å²) in [7, 11) is 1.53. The molecule has 0 bridgehead atoms. The lowest BCUT2D eigenvalue weighted by Crippen LogP contribution is -2.54. The molecular weight excluding hydrogens is 477 g/mol. The maximum Gasteiger partial charge on any atom is 0.490 e. The molecule has 34 heavy (non-hydrogen) atoms. The number of rotatable bonds is 3. The van der Waals surface area contributed by atoms with Gasteiger partial charge in [0.2, 0.25) is 11.8 Å². The van der Waals surface area contributed by atoms with Crippen LogP contribution in [0, 0.1) is 0 Å². The monoisotopic (exact) mass is 498 g/mol. The minimum Gasteiger partial charge on any atom is -0.480 e. The Morgan fingerprint density at radius 1 is 1.24 bits per heavy atom. The second-order valence-corrected chi connectivity index (χ2v) is 8.25. The minimum absolute atomic E-state index is 0.000466. The van der Waals surface area contributed by atoms with Crippen molar-refractivity contribution in [2.75, 3.05) is 37.4 Å². The molecule has 0 aromatic carbocycles. The van der Waals surface area contributed by atoms with Gasteiger partial charge in [-0.15, -0.1) is 11.3 Å². The third-order valence-electron chi connectivity index (χ3n) is 4.94. The number of methoxy groups -OCH3 is 1. The number of carbonyl (C=O) groups excluding carboxylic acids is 1. The van der Waals surface area contributed by atoms with Crippen LogP contribution in [0.1, 0.15) is 16.6 Å². The Kier molecular flexibility index (Phi) is 7.39. The van der Waals surface area contributed by atoms with E-state index in [9.17, 15) is 18.0 Å². The van der Waals surface area contributed by atoms with Crippen LogP contribution < -0.4 is 15.4 Å². The number of fused-ring (bicyclic) bond motifs is 1. The van der Waals surface area contributed by atoms with Gasteiger partial charge >= 0.3 is 12.1 Å². The van der Waals surface area contributed by atoms with Crippen LogP contribution in [0.15, 0.2) is 30.6 Å². The number of halogens is 3. The molecule has 1 unspecified atom stereocenters. The van der Waals surface area contributed by atoms with Gasteiger partial charge in [-0.2, -0.15) is 18.2 Å². The number of nitrogens with two attached hydrogens (primary N) is 1. The van der Waals surface area contributed by atoms with Gasteiger partial charge in [-0.05, 0) is 25.1 Å². The molecule has 14 heteroatoms. The van der Waals surface area contributed by atoms with Crippen molar-refractivity contribution in [1.82, 2.24) is 19.9 Å². The van der Waals surface area contributed by atoms with E-state index in [1.165, 1.54) is 18.4 Å². The van der Waals surface area contributed by atoms with Crippen LogP contribution >= 0.6 is 11.3 Å². The predicted molar refractivity (Wildman–Crippen MR) is 119 cm³/mol. The highest BCUT2D eigenvalue weighted by Crippen LogP contribution is 2.32. The first-order valence-electron chi connectivity index (χ1n) is 9.88. The van der Waals surface area contributed by atoms with Crippen molar-refractivity contribution < 1.29 is 32.6 Å². The number of ether oxygens (including phenoxy) is 1. The molecule has 182 valence electrons. The molecule has 3 aromatic heterocycles. The van der Waals surface area contributed by atoms with Gasteiger partial charge in [0.15, 0.2) is 0 Å². The first-order valence-corrected chi connectivity index (χ1v) is 10.7. The fourth-order valence-electron chi connectivity index (χ4n) is 3.36. The molecule has 1 aliphatic rings. The fourth-order valence-corrected chi connectivity index (χ4v) is 4.35. The van der Waals surface area contributed by atoms with Gasteiger partial charge in [0.1, 0.15) is 4.83 Å². The normalized spacial score (nSPS) is 16.1. The zero-order valence-corrected chi connectivity index (χ0v) is 18.9. The Hall–Kier alpha value is -3.68. The van der Waals surface area contributed by atoms with Crippen molar-refractivity contribution in [2.45, 2.75) is 19.1 Å². The molecule has 0 radical (unpaired) electrons. The highest BCUT2D eigenvalue weighted by molar-refractivity contribution is 7.20. The molecule has 1 aliphatic heterocycles. The number of anilines is 2. The Morgan fingerprint density at radius 2 is 1.88 bits per heavy atom. The quantitative estimate of drug-likeness (QED) is 0.559. The van der Waals surface area contributed by atoms with E-state index in [1.807, 2.05) is 17.0 Å². The number of hydrogen-bond donors (Lipinski definition) is 2. The summed E-state index contributed by atoms with van der Waals surface area (Å²) in [6, 6.07) is 5.86. The molecule has 3 N–H and O–H groups in total. The number of aliphatic carboxylic acids is 1. The number of amides is 1. The number of aromatic nitrogens is 3. The van der Waals surface area contributed by atoms with Crippen LogP contribution in [0.2, 0.25) is 0 Å². The minimum atomic E-state index is -5.08. The van der Waals surface area contributed by atoms with Gasteiger partial charge in [0, 0.05) is 43.8 Å². The van der Waals surface area contributed by atoms with Crippen LogP contribution in [0.3, 0.4) is 0 Å². The van der Waals surface area contributed by atoms with Gasteiger partial charge in [-0.25, -0.2) is 9.78 Å². The van der Waals surface area contributed by atoms with E-state index in [0.717, 1.165) is 18.8 Å². The lowest BCUT2D eigenvalue weighted by molar-refractivity contribution is -0.192. The second-order valence-electron chi connectivity index (χ2n) is 7.22. The Bertz CT molecular complexity index is 1170. The lowest BCUT2D eigenvalue weighted by Gasteiger charge is -2.40. The van der Waals surface area contributed by atoms with Crippen molar-refractivity contribution in [1.29, 1.82) is 0 Å². The van der Waals surface area contributed by atoms with E-state index in [0.29, 0.717) is 27.5 Å². The molecule has 0 aliphatic carbocycles. The highest BCUT2D eigenvalue weighted by atomic mass is 32.1. The number of piperazine rings is 1. The highest BCUT2D eigenvalue weighted by Gasteiger charge is 2.38. The molecule has 1 fully saturated rings. The first-order chi connectivity index (χ1) is 16.0. The summed E-state index contributed by atoms with van der Waals surface area (Å²) >= 11 is 1.32. The van der Waals surface area contributed by atoms with Crippen LogP contribution in [-0.4, -0.2) is 75.8 Å². The number of pyridine rings is 1. The number of carboxylic acids is 1. The zero-order valence-electron chi connectivity index (χ0n) is 18.1. The lowest BCUT2D eigenvalue weighted by atomic mass is 10.1. The Balaban J connectivity index is 0.000000406. The van der Waals surface area contributed by atoms with Crippen LogP contribution in [0.4, 0.5) is 24.8 Å². The smallest absolute Gasteiger partial charge is 0.480 e. The second kappa shape index (κ2) is 10.1. The third-order valence-corrected chi connectivity index (χ3v) is 5.95. The number of carboxylic acid groups (broad SMARTS) is 1. The average Bonchev–Trinajstić information content (AvgIpc) is 3.22. The Morgan fingerprint density at radius 3 is 2.44 bits per heavy atom. The maximum absolute atomic E-state index is 13.1. The molecule has 0 saturated carbocycles. The van der Waals surface area contributed by atoms with E-state index < -0.39 is 12.1 Å². The summed E-state index contributed by atoms with van der Waals surface area (Å²) in [5, 5.41) is 7.84. The van der Waals surface area contributed by atoms with Crippen LogP contribution in [0.25, 0.3) is 10.2 Å². The Labute approximate surface area is 195 Å².